The SMILES string of the molecule is Cc1cn2c(n1)sc1cc(CCCCO)ccc12. The van der Waals surface area contributed by atoms with Gasteiger partial charge in [-0.1, -0.05) is 17.4 Å². The highest BCUT2D eigenvalue weighted by Crippen LogP contribution is 2.27. The third kappa shape index (κ3) is 2.02. The average Bonchev–Trinajstić information content (AvgIpc) is 2.84. The molecule has 0 bridgehead atoms. The Kier molecular flexibility index (Phi) is 3.06. The topological polar surface area (TPSA) is 37.5 Å². The minimum Gasteiger partial charge on any atom is -0.396 e. The smallest absolute Gasteiger partial charge is 0.194 e. The lowest BCUT2D eigenvalue weighted by atomic mass is 10.1. The molecule has 2 heterocycles. The molecule has 18 heavy (non-hydrogen) atoms. The maximum atomic E-state index is 8.80. The van der Waals surface area contributed by atoms with Crippen molar-refractivity contribution < 1.29 is 5.11 Å². The van der Waals surface area contributed by atoms with Crippen LogP contribution in [-0.4, -0.2) is 21.1 Å². The number of aliphatic hydroxyl groups is 1. The van der Waals surface area contributed by atoms with Crippen molar-refractivity contribution in [2.24, 2.45) is 0 Å². The van der Waals surface area contributed by atoms with Crippen molar-refractivity contribution in [3.8, 4) is 0 Å². The van der Waals surface area contributed by atoms with Gasteiger partial charge in [0.15, 0.2) is 4.96 Å². The minimum atomic E-state index is 0.286. The summed E-state index contributed by atoms with van der Waals surface area (Å²) in [5.41, 5.74) is 3.65. The third-order valence-corrected chi connectivity index (χ3v) is 4.17. The van der Waals surface area contributed by atoms with Crippen molar-refractivity contribution in [2.45, 2.75) is 26.2 Å². The van der Waals surface area contributed by atoms with E-state index >= 15 is 0 Å². The van der Waals surface area contributed by atoms with Gasteiger partial charge in [0, 0.05) is 12.8 Å². The number of rotatable bonds is 4. The summed E-state index contributed by atoms with van der Waals surface area (Å²) in [6.07, 6.45) is 5.05. The second-order valence-corrected chi connectivity index (χ2v) is 5.63. The Balaban J connectivity index is 1.97. The van der Waals surface area contributed by atoms with Gasteiger partial charge in [-0.2, -0.15) is 0 Å². The van der Waals surface area contributed by atoms with E-state index in [0.29, 0.717) is 0 Å². The number of nitrogens with zero attached hydrogens (tertiary/aromatic N) is 2. The van der Waals surface area contributed by atoms with Crippen LogP contribution >= 0.6 is 11.3 Å². The third-order valence-electron chi connectivity index (χ3n) is 3.15. The van der Waals surface area contributed by atoms with Crippen molar-refractivity contribution in [2.75, 3.05) is 6.61 Å². The standard InChI is InChI=1S/C14H16N2OS/c1-10-9-16-12-6-5-11(4-2-3-7-17)8-13(12)18-14(16)15-10/h5-6,8-9,17H,2-4,7H2,1H3. The van der Waals surface area contributed by atoms with E-state index in [4.69, 9.17) is 5.11 Å². The van der Waals surface area contributed by atoms with Gasteiger partial charge in [-0.3, -0.25) is 4.40 Å². The number of aromatic nitrogens is 2. The summed E-state index contributed by atoms with van der Waals surface area (Å²) in [5, 5.41) is 8.80. The zero-order valence-corrected chi connectivity index (χ0v) is 11.2. The highest BCUT2D eigenvalue weighted by Gasteiger charge is 2.07. The number of benzene rings is 1. The Labute approximate surface area is 110 Å². The molecular formula is C14H16N2OS. The van der Waals surface area contributed by atoms with Crippen molar-refractivity contribution in [3.63, 3.8) is 0 Å². The molecule has 3 aromatic rings. The summed E-state index contributed by atoms with van der Waals surface area (Å²) in [5.74, 6) is 0. The van der Waals surface area contributed by atoms with Crippen LogP contribution in [0.4, 0.5) is 0 Å². The van der Waals surface area contributed by atoms with Crippen molar-refractivity contribution >= 4 is 26.5 Å². The molecular weight excluding hydrogens is 244 g/mol. The number of hydrogen-bond donors (Lipinski definition) is 1. The summed E-state index contributed by atoms with van der Waals surface area (Å²) < 4.78 is 3.45. The van der Waals surface area contributed by atoms with E-state index < -0.39 is 0 Å². The van der Waals surface area contributed by atoms with Gasteiger partial charge in [0.1, 0.15) is 0 Å². The minimum absolute atomic E-state index is 0.286. The number of imidazole rings is 1. The van der Waals surface area contributed by atoms with Crippen molar-refractivity contribution in [1.29, 1.82) is 0 Å². The van der Waals surface area contributed by atoms with Gasteiger partial charge in [0.2, 0.25) is 0 Å². The number of aryl methyl sites for hydroxylation is 2. The van der Waals surface area contributed by atoms with Crippen LogP contribution in [0.3, 0.4) is 0 Å². The largest absolute Gasteiger partial charge is 0.396 e. The molecule has 2 aromatic heterocycles. The Hall–Kier alpha value is -1.39. The van der Waals surface area contributed by atoms with Gasteiger partial charge >= 0.3 is 0 Å². The van der Waals surface area contributed by atoms with Crippen LogP contribution in [-0.2, 0) is 6.42 Å². The Morgan fingerprint density at radius 3 is 3.06 bits per heavy atom. The lowest BCUT2D eigenvalue weighted by Gasteiger charge is -2.00. The van der Waals surface area contributed by atoms with Crippen molar-refractivity contribution in [1.82, 2.24) is 9.38 Å². The predicted molar refractivity (Wildman–Crippen MR) is 75.3 cm³/mol. The van der Waals surface area contributed by atoms with Crippen LogP contribution in [0, 0.1) is 6.92 Å². The molecule has 0 atom stereocenters. The first-order chi connectivity index (χ1) is 8.78. The Bertz CT molecular complexity index is 684. The van der Waals surface area contributed by atoms with E-state index in [1.807, 2.05) is 6.92 Å². The molecule has 0 spiro atoms. The van der Waals surface area contributed by atoms with Gasteiger partial charge in [0.05, 0.1) is 15.9 Å². The normalized spacial score (nSPS) is 11.7. The van der Waals surface area contributed by atoms with E-state index in [9.17, 15) is 0 Å². The highest BCUT2D eigenvalue weighted by atomic mass is 32.1. The Morgan fingerprint density at radius 1 is 1.33 bits per heavy atom. The van der Waals surface area contributed by atoms with E-state index in [1.165, 1.54) is 15.8 Å². The fourth-order valence-corrected chi connectivity index (χ4v) is 3.37. The number of fused-ring (bicyclic) bond motifs is 3. The molecule has 0 saturated heterocycles. The molecule has 0 amide bonds. The van der Waals surface area contributed by atoms with Crippen LogP contribution in [0.15, 0.2) is 24.4 Å². The summed E-state index contributed by atoms with van der Waals surface area (Å²) in [6.45, 7) is 2.31. The van der Waals surface area contributed by atoms with Gasteiger partial charge in [-0.05, 0) is 43.9 Å². The maximum absolute atomic E-state index is 8.80. The molecule has 0 aliphatic rings. The lowest BCUT2D eigenvalue weighted by Crippen LogP contribution is -1.88. The average molecular weight is 260 g/mol. The quantitative estimate of drug-likeness (QED) is 0.732. The molecule has 0 aliphatic carbocycles. The first kappa shape index (κ1) is 11.7. The predicted octanol–water partition coefficient (Wildman–Crippen LogP) is 3.17. The first-order valence-corrected chi connectivity index (χ1v) is 7.07. The molecule has 1 aromatic carbocycles. The number of thiazole rings is 1. The second-order valence-electron chi connectivity index (χ2n) is 4.62. The summed E-state index contributed by atoms with van der Waals surface area (Å²) in [7, 11) is 0. The fraction of sp³-hybridized carbons (Fsp3) is 0.357. The number of aliphatic hydroxyl groups excluding tert-OH is 1. The molecule has 4 heteroatoms. The number of hydrogen-bond acceptors (Lipinski definition) is 3. The van der Waals surface area contributed by atoms with Gasteiger partial charge < -0.3 is 5.11 Å². The summed E-state index contributed by atoms with van der Waals surface area (Å²) in [6, 6.07) is 6.61. The summed E-state index contributed by atoms with van der Waals surface area (Å²) >= 11 is 1.74. The second kappa shape index (κ2) is 4.71. The van der Waals surface area contributed by atoms with Gasteiger partial charge in [0.25, 0.3) is 0 Å². The molecule has 3 nitrogen and oxygen atoms in total. The maximum Gasteiger partial charge on any atom is 0.194 e. The van der Waals surface area contributed by atoms with Crippen LogP contribution in [0.5, 0.6) is 0 Å². The van der Waals surface area contributed by atoms with Gasteiger partial charge in [-0.15, -0.1) is 0 Å². The monoisotopic (exact) mass is 260 g/mol. The van der Waals surface area contributed by atoms with E-state index in [2.05, 4.69) is 33.8 Å². The Morgan fingerprint density at radius 2 is 2.22 bits per heavy atom. The molecule has 1 N–H and O–H groups in total. The van der Waals surface area contributed by atoms with Crippen molar-refractivity contribution in [3.05, 3.63) is 35.7 Å². The molecule has 94 valence electrons. The molecule has 0 fully saturated rings. The molecule has 0 saturated carbocycles. The van der Waals surface area contributed by atoms with Crippen LogP contribution < -0.4 is 0 Å². The summed E-state index contributed by atoms with van der Waals surface area (Å²) in [4.78, 5) is 5.57. The lowest BCUT2D eigenvalue weighted by molar-refractivity contribution is 0.284. The zero-order valence-electron chi connectivity index (χ0n) is 10.4. The first-order valence-electron chi connectivity index (χ1n) is 6.26. The number of unbranched alkanes of at least 4 members (excludes halogenated alkanes) is 1. The van der Waals surface area contributed by atoms with Crippen LogP contribution in [0.2, 0.25) is 0 Å². The zero-order chi connectivity index (χ0) is 12.5. The molecule has 3 rings (SSSR count). The molecule has 0 radical (unpaired) electrons. The highest BCUT2D eigenvalue weighted by molar-refractivity contribution is 7.23. The van der Waals surface area contributed by atoms with Gasteiger partial charge in [-0.25, -0.2) is 4.98 Å². The van der Waals surface area contributed by atoms with E-state index in [1.54, 1.807) is 11.3 Å². The van der Waals surface area contributed by atoms with Crippen LogP contribution in [0.25, 0.3) is 15.2 Å². The molecule has 0 unspecified atom stereocenters. The fourth-order valence-electron chi connectivity index (χ4n) is 2.25. The van der Waals surface area contributed by atoms with Crippen LogP contribution in [0.1, 0.15) is 24.1 Å². The van der Waals surface area contributed by atoms with E-state index in [-0.39, 0.29) is 6.61 Å². The molecule has 0 aliphatic heterocycles. The van der Waals surface area contributed by atoms with E-state index in [0.717, 1.165) is 29.9 Å².